The lowest BCUT2D eigenvalue weighted by Crippen LogP contribution is -2.27. The van der Waals surface area contributed by atoms with Gasteiger partial charge in [-0.15, -0.1) is 0 Å². The molecule has 1 aromatic heterocycles. The number of H-pyrrole nitrogens is 1. The van der Waals surface area contributed by atoms with Crippen LogP contribution in [-0.4, -0.2) is 25.8 Å². The number of carboxylic acid groups (broad SMARTS) is 1. The van der Waals surface area contributed by atoms with Gasteiger partial charge in [-0.1, -0.05) is 11.8 Å². The fourth-order valence-corrected chi connectivity index (χ4v) is 1.53. The first-order valence-corrected chi connectivity index (χ1v) is 4.71. The summed E-state index contributed by atoms with van der Waals surface area (Å²) in [4.78, 5) is 28.0. The van der Waals surface area contributed by atoms with Crippen LogP contribution >= 0.6 is 11.8 Å². The van der Waals surface area contributed by atoms with Crippen LogP contribution < -0.4 is 5.56 Å². The standard InChI is InChI=1S/C8H10N2O3S/c1-8(2,6(12)13)14-7-9-4-3-5(11)10-7/h3-4H,1-2H3,(H,12,13)(H,9,10,11). The minimum absolute atomic E-state index is 0.288. The number of nitrogens with one attached hydrogen (secondary N) is 1. The number of hydrogen-bond donors (Lipinski definition) is 2. The molecule has 0 fully saturated rings. The summed E-state index contributed by atoms with van der Waals surface area (Å²) in [7, 11) is 0. The molecule has 0 atom stereocenters. The van der Waals surface area contributed by atoms with Crippen molar-refractivity contribution in [2.45, 2.75) is 23.8 Å². The first-order chi connectivity index (χ1) is 6.42. The summed E-state index contributed by atoms with van der Waals surface area (Å²) in [6.07, 6.45) is 1.35. The lowest BCUT2D eigenvalue weighted by molar-refractivity contribution is -0.138. The highest BCUT2D eigenvalue weighted by molar-refractivity contribution is 8.01. The number of nitrogens with zero attached hydrogens (tertiary/aromatic N) is 1. The van der Waals surface area contributed by atoms with Crippen molar-refractivity contribution in [3.63, 3.8) is 0 Å². The Hall–Kier alpha value is -1.30. The van der Waals surface area contributed by atoms with Gasteiger partial charge in [0, 0.05) is 12.3 Å². The molecular formula is C8H10N2O3S. The highest BCUT2D eigenvalue weighted by Gasteiger charge is 2.29. The molecule has 2 N–H and O–H groups in total. The van der Waals surface area contributed by atoms with Crippen LogP contribution in [0.1, 0.15) is 13.8 Å². The Morgan fingerprint density at radius 2 is 2.29 bits per heavy atom. The van der Waals surface area contributed by atoms with Crippen molar-refractivity contribution in [3.05, 3.63) is 22.6 Å². The van der Waals surface area contributed by atoms with Gasteiger partial charge in [-0.3, -0.25) is 9.59 Å². The summed E-state index contributed by atoms with van der Waals surface area (Å²) in [5.41, 5.74) is -0.288. The molecule has 1 heterocycles. The average molecular weight is 214 g/mol. The van der Waals surface area contributed by atoms with Gasteiger partial charge in [0.1, 0.15) is 4.75 Å². The molecule has 1 rings (SSSR count). The Labute approximate surface area is 84.6 Å². The fraction of sp³-hybridized carbons (Fsp3) is 0.375. The molecule has 0 aliphatic rings. The molecule has 0 bridgehead atoms. The first-order valence-electron chi connectivity index (χ1n) is 3.89. The quantitative estimate of drug-likeness (QED) is 0.572. The molecule has 0 unspecified atom stereocenters. The molecule has 0 spiro atoms. The van der Waals surface area contributed by atoms with Crippen LogP contribution in [0, 0.1) is 0 Å². The van der Waals surface area contributed by atoms with Crippen LogP contribution in [0.15, 0.2) is 22.2 Å². The third-order valence-corrected chi connectivity index (χ3v) is 2.60. The lowest BCUT2D eigenvalue weighted by Gasteiger charge is -2.16. The van der Waals surface area contributed by atoms with Crippen LogP contribution in [-0.2, 0) is 4.79 Å². The number of aromatic amines is 1. The van der Waals surface area contributed by atoms with Gasteiger partial charge in [0.05, 0.1) is 0 Å². The molecule has 6 heteroatoms. The minimum atomic E-state index is -1.00. The van der Waals surface area contributed by atoms with Crippen LogP contribution in [0.3, 0.4) is 0 Å². The summed E-state index contributed by atoms with van der Waals surface area (Å²) < 4.78 is -1.00. The molecule has 0 saturated carbocycles. The van der Waals surface area contributed by atoms with Gasteiger partial charge in [-0.25, -0.2) is 4.98 Å². The number of hydrogen-bond acceptors (Lipinski definition) is 4. The van der Waals surface area contributed by atoms with E-state index in [-0.39, 0.29) is 5.56 Å². The van der Waals surface area contributed by atoms with E-state index in [0.29, 0.717) is 5.16 Å². The normalized spacial score (nSPS) is 11.3. The van der Waals surface area contributed by atoms with Crippen LogP contribution in [0.4, 0.5) is 0 Å². The number of carboxylic acids is 1. The van der Waals surface area contributed by atoms with E-state index in [4.69, 9.17) is 5.11 Å². The first kappa shape index (κ1) is 10.8. The van der Waals surface area contributed by atoms with Crippen LogP contribution in [0.25, 0.3) is 0 Å². The van der Waals surface area contributed by atoms with Crippen molar-refractivity contribution >= 4 is 17.7 Å². The summed E-state index contributed by atoms with van der Waals surface area (Å²) >= 11 is 1.00. The smallest absolute Gasteiger partial charge is 0.319 e. The third-order valence-electron chi connectivity index (χ3n) is 1.51. The van der Waals surface area contributed by atoms with Crippen molar-refractivity contribution in [1.29, 1.82) is 0 Å². The highest BCUT2D eigenvalue weighted by atomic mass is 32.2. The number of aliphatic carboxylic acids is 1. The summed E-state index contributed by atoms with van der Waals surface area (Å²) in [6.45, 7) is 3.10. The van der Waals surface area contributed by atoms with Crippen molar-refractivity contribution in [2.24, 2.45) is 0 Å². The van der Waals surface area contributed by atoms with E-state index >= 15 is 0 Å². The number of thioether (sulfide) groups is 1. The predicted octanol–water partition coefficient (Wildman–Crippen LogP) is 0.725. The maximum Gasteiger partial charge on any atom is 0.319 e. The molecule has 0 aliphatic carbocycles. The molecule has 0 radical (unpaired) electrons. The summed E-state index contributed by atoms with van der Waals surface area (Å²) in [5.74, 6) is -0.950. The van der Waals surface area contributed by atoms with E-state index in [0.717, 1.165) is 11.8 Å². The predicted molar refractivity (Wildman–Crippen MR) is 52.4 cm³/mol. The summed E-state index contributed by atoms with van der Waals surface area (Å²) in [6, 6.07) is 1.28. The number of rotatable bonds is 3. The van der Waals surface area contributed by atoms with E-state index < -0.39 is 10.7 Å². The SMILES string of the molecule is CC(C)(Sc1nccc(=O)[nH]1)C(=O)O. The maximum absolute atomic E-state index is 10.9. The van der Waals surface area contributed by atoms with E-state index in [2.05, 4.69) is 9.97 Å². The van der Waals surface area contributed by atoms with Gasteiger partial charge in [0.15, 0.2) is 5.16 Å². The Balaban J connectivity index is 2.89. The summed E-state index contributed by atoms with van der Waals surface area (Å²) in [5, 5.41) is 9.14. The molecule has 0 saturated heterocycles. The maximum atomic E-state index is 10.9. The largest absolute Gasteiger partial charge is 0.480 e. The van der Waals surface area contributed by atoms with Crippen LogP contribution in [0.2, 0.25) is 0 Å². The molecule has 76 valence electrons. The van der Waals surface area contributed by atoms with Crippen LogP contribution in [0.5, 0.6) is 0 Å². The van der Waals surface area contributed by atoms with Gasteiger partial charge >= 0.3 is 5.97 Å². The molecule has 14 heavy (non-hydrogen) atoms. The third kappa shape index (κ3) is 2.59. The van der Waals surface area contributed by atoms with E-state index in [1.54, 1.807) is 13.8 Å². The van der Waals surface area contributed by atoms with Crippen molar-refractivity contribution in [1.82, 2.24) is 9.97 Å². The Morgan fingerprint density at radius 1 is 1.64 bits per heavy atom. The number of carbonyl (C=O) groups is 1. The average Bonchev–Trinajstić information content (AvgIpc) is 2.02. The Bertz CT molecular complexity index is 400. The number of aromatic nitrogens is 2. The zero-order valence-electron chi connectivity index (χ0n) is 7.77. The highest BCUT2D eigenvalue weighted by Crippen LogP contribution is 2.29. The topological polar surface area (TPSA) is 83.0 Å². The van der Waals surface area contributed by atoms with Gasteiger partial charge in [0.25, 0.3) is 5.56 Å². The van der Waals surface area contributed by atoms with Gasteiger partial charge in [0.2, 0.25) is 0 Å². The van der Waals surface area contributed by atoms with E-state index in [1.165, 1.54) is 12.3 Å². The fourth-order valence-electron chi connectivity index (χ4n) is 0.689. The van der Waals surface area contributed by atoms with Gasteiger partial charge in [-0.05, 0) is 13.8 Å². The second-order valence-electron chi connectivity index (χ2n) is 3.16. The molecule has 0 amide bonds. The molecule has 0 aromatic carbocycles. The second-order valence-corrected chi connectivity index (χ2v) is 4.77. The molecular weight excluding hydrogens is 204 g/mol. The molecule has 1 aromatic rings. The van der Waals surface area contributed by atoms with Crippen molar-refractivity contribution < 1.29 is 9.90 Å². The Kier molecular flexibility index (Phi) is 2.95. The van der Waals surface area contributed by atoms with Crippen molar-refractivity contribution in [2.75, 3.05) is 0 Å². The Morgan fingerprint density at radius 3 is 2.79 bits per heavy atom. The monoisotopic (exact) mass is 214 g/mol. The minimum Gasteiger partial charge on any atom is -0.480 e. The lowest BCUT2D eigenvalue weighted by atomic mass is 10.2. The van der Waals surface area contributed by atoms with E-state index in [9.17, 15) is 9.59 Å². The van der Waals surface area contributed by atoms with Gasteiger partial charge in [-0.2, -0.15) is 0 Å². The molecule has 5 nitrogen and oxygen atoms in total. The molecule has 0 aliphatic heterocycles. The van der Waals surface area contributed by atoms with Crippen molar-refractivity contribution in [3.8, 4) is 0 Å². The second kappa shape index (κ2) is 3.83. The van der Waals surface area contributed by atoms with Gasteiger partial charge < -0.3 is 10.1 Å². The van der Waals surface area contributed by atoms with E-state index in [1.807, 2.05) is 0 Å². The zero-order valence-corrected chi connectivity index (χ0v) is 8.59. The zero-order chi connectivity index (χ0) is 10.8.